The molecule has 0 amide bonds. The summed E-state index contributed by atoms with van der Waals surface area (Å²) in [5.74, 6) is 1.14. The van der Waals surface area contributed by atoms with Crippen LogP contribution < -0.4 is 5.32 Å². The van der Waals surface area contributed by atoms with Crippen LogP contribution in [0.25, 0.3) is 0 Å². The Morgan fingerprint density at radius 1 is 1.15 bits per heavy atom. The van der Waals surface area contributed by atoms with Crippen LogP contribution in [0.2, 0.25) is 0 Å². The van der Waals surface area contributed by atoms with Gasteiger partial charge in [-0.05, 0) is 32.3 Å². The second kappa shape index (κ2) is 6.71. The molecule has 0 radical (unpaired) electrons. The predicted octanol–water partition coefficient (Wildman–Crippen LogP) is 2.96. The molecular weight excluding hydrogens is 246 g/mol. The van der Waals surface area contributed by atoms with Crippen molar-refractivity contribution in [3.05, 3.63) is 54.1 Å². The molecule has 0 saturated carbocycles. The summed E-state index contributed by atoms with van der Waals surface area (Å²) in [4.78, 5) is 4.35. The number of rotatable bonds is 7. The minimum atomic E-state index is 0.154. The number of hydrogen-bond donors (Lipinski definition) is 1. The molecule has 2 aromatic rings. The SMILES string of the molecule is Cn1ccnc1CCNC(C)(C)CCc1ccccc1. The molecule has 2 rings (SSSR count). The van der Waals surface area contributed by atoms with E-state index in [1.54, 1.807) is 0 Å². The Morgan fingerprint density at radius 2 is 1.90 bits per heavy atom. The Bertz CT molecular complexity index is 514. The molecular formula is C17H25N3. The Labute approximate surface area is 122 Å². The molecule has 0 spiro atoms. The van der Waals surface area contributed by atoms with Gasteiger partial charge in [0, 0.05) is 37.9 Å². The Balaban J connectivity index is 1.75. The predicted molar refractivity (Wildman–Crippen MR) is 83.8 cm³/mol. The summed E-state index contributed by atoms with van der Waals surface area (Å²) in [6.07, 6.45) is 7.07. The fraction of sp³-hybridized carbons (Fsp3) is 0.471. The molecule has 1 heterocycles. The van der Waals surface area contributed by atoms with Gasteiger partial charge in [0.1, 0.15) is 5.82 Å². The fourth-order valence-electron chi connectivity index (χ4n) is 2.34. The van der Waals surface area contributed by atoms with Crippen molar-refractivity contribution in [3.8, 4) is 0 Å². The fourth-order valence-corrected chi connectivity index (χ4v) is 2.34. The lowest BCUT2D eigenvalue weighted by Gasteiger charge is -2.26. The molecule has 3 heteroatoms. The number of benzene rings is 1. The topological polar surface area (TPSA) is 29.9 Å². The van der Waals surface area contributed by atoms with E-state index in [1.807, 2.05) is 19.4 Å². The molecule has 0 unspecified atom stereocenters. The molecule has 0 aliphatic rings. The number of aryl methyl sites for hydroxylation is 2. The normalized spacial score (nSPS) is 11.8. The smallest absolute Gasteiger partial charge is 0.109 e. The highest BCUT2D eigenvalue weighted by atomic mass is 15.0. The minimum Gasteiger partial charge on any atom is -0.338 e. The highest BCUT2D eigenvalue weighted by Crippen LogP contribution is 2.13. The van der Waals surface area contributed by atoms with Crippen LogP contribution in [0.5, 0.6) is 0 Å². The Morgan fingerprint density at radius 3 is 2.55 bits per heavy atom. The molecule has 0 aliphatic carbocycles. The summed E-state index contributed by atoms with van der Waals surface area (Å²) in [7, 11) is 2.04. The first kappa shape index (κ1) is 14.8. The molecule has 0 aliphatic heterocycles. The van der Waals surface area contributed by atoms with Crippen LogP contribution >= 0.6 is 0 Å². The zero-order valence-corrected chi connectivity index (χ0v) is 12.8. The molecule has 108 valence electrons. The van der Waals surface area contributed by atoms with Crippen LogP contribution in [0.4, 0.5) is 0 Å². The number of nitrogens with one attached hydrogen (secondary N) is 1. The number of aromatic nitrogens is 2. The third-order valence-corrected chi connectivity index (χ3v) is 3.75. The monoisotopic (exact) mass is 271 g/mol. The zero-order chi connectivity index (χ0) is 14.4. The summed E-state index contributed by atoms with van der Waals surface area (Å²) in [5.41, 5.74) is 1.56. The van der Waals surface area contributed by atoms with E-state index in [4.69, 9.17) is 0 Å². The van der Waals surface area contributed by atoms with Crippen LogP contribution in [-0.4, -0.2) is 21.6 Å². The quantitative estimate of drug-likeness (QED) is 0.839. The maximum absolute atomic E-state index is 4.35. The molecule has 0 saturated heterocycles. The molecule has 0 atom stereocenters. The van der Waals surface area contributed by atoms with Gasteiger partial charge in [-0.2, -0.15) is 0 Å². The van der Waals surface area contributed by atoms with Crippen LogP contribution in [-0.2, 0) is 19.9 Å². The van der Waals surface area contributed by atoms with Crippen molar-refractivity contribution in [1.29, 1.82) is 0 Å². The van der Waals surface area contributed by atoms with Crippen LogP contribution in [0.1, 0.15) is 31.7 Å². The first-order chi connectivity index (χ1) is 9.57. The molecule has 20 heavy (non-hydrogen) atoms. The number of imidazole rings is 1. The van der Waals surface area contributed by atoms with Crippen molar-refractivity contribution >= 4 is 0 Å². The number of hydrogen-bond acceptors (Lipinski definition) is 2. The average Bonchev–Trinajstić information content (AvgIpc) is 2.83. The third kappa shape index (κ3) is 4.49. The average molecular weight is 271 g/mol. The van der Waals surface area contributed by atoms with E-state index in [0.29, 0.717) is 0 Å². The first-order valence-electron chi connectivity index (χ1n) is 7.32. The van der Waals surface area contributed by atoms with Gasteiger partial charge in [-0.25, -0.2) is 4.98 Å². The van der Waals surface area contributed by atoms with Crippen molar-refractivity contribution in [2.45, 2.75) is 38.6 Å². The lowest BCUT2D eigenvalue weighted by atomic mass is 9.95. The van der Waals surface area contributed by atoms with E-state index in [-0.39, 0.29) is 5.54 Å². The summed E-state index contributed by atoms with van der Waals surface area (Å²) in [5, 5.41) is 3.64. The molecule has 1 aromatic heterocycles. The second-order valence-electron chi connectivity index (χ2n) is 6.00. The molecule has 0 bridgehead atoms. The van der Waals surface area contributed by atoms with Crippen molar-refractivity contribution < 1.29 is 0 Å². The highest BCUT2D eigenvalue weighted by molar-refractivity contribution is 5.15. The Hall–Kier alpha value is -1.61. The molecule has 3 nitrogen and oxygen atoms in total. The van der Waals surface area contributed by atoms with Gasteiger partial charge in [0.05, 0.1) is 0 Å². The van der Waals surface area contributed by atoms with E-state index >= 15 is 0 Å². The molecule has 1 N–H and O–H groups in total. The molecule has 0 fully saturated rings. The van der Waals surface area contributed by atoms with Crippen LogP contribution in [0.3, 0.4) is 0 Å². The maximum atomic E-state index is 4.35. The Kier molecular flexibility index (Phi) is 4.96. The van der Waals surface area contributed by atoms with E-state index in [1.165, 1.54) is 5.56 Å². The second-order valence-corrected chi connectivity index (χ2v) is 6.00. The maximum Gasteiger partial charge on any atom is 0.109 e. The van der Waals surface area contributed by atoms with Gasteiger partial charge < -0.3 is 9.88 Å². The zero-order valence-electron chi connectivity index (χ0n) is 12.8. The van der Waals surface area contributed by atoms with Crippen molar-refractivity contribution in [3.63, 3.8) is 0 Å². The third-order valence-electron chi connectivity index (χ3n) is 3.75. The van der Waals surface area contributed by atoms with Crippen molar-refractivity contribution in [2.24, 2.45) is 7.05 Å². The van der Waals surface area contributed by atoms with Gasteiger partial charge >= 0.3 is 0 Å². The number of nitrogens with zero attached hydrogens (tertiary/aromatic N) is 2. The van der Waals surface area contributed by atoms with Crippen molar-refractivity contribution in [1.82, 2.24) is 14.9 Å². The first-order valence-corrected chi connectivity index (χ1v) is 7.32. The van der Waals surface area contributed by atoms with E-state index in [0.717, 1.165) is 31.6 Å². The van der Waals surface area contributed by atoms with E-state index in [9.17, 15) is 0 Å². The largest absolute Gasteiger partial charge is 0.338 e. The van der Waals surface area contributed by atoms with Gasteiger partial charge in [0.25, 0.3) is 0 Å². The summed E-state index contributed by atoms with van der Waals surface area (Å²) in [6.45, 7) is 5.51. The summed E-state index contributed by atoms with van der Waals surface area (Å²) < 4.78 is 2.08. The van der Waals surface area contributed by atoms with Gasteiger partial charge in [-0.15, -0.1) is 0 Å². The van der Waals surface area contributed by atoms with Gasteiger partial charge in [-0.1, -0.05) is 30.3 Å². The van der Waals surface area contributed by atoms with Gasteiger partial charge in [0.2, 0.25) is 0 Å². The summed E-state index contributed by atoms with van der Waals surface area (Å²) in [6, 6.07) is 10.7. The minimum absolute atomic E-state index is 0.154. The lowest BCUT2D eigenvalue weighted by molar-refractivity contribution is 0.363. The van der Waals surface area contributed by atoms with Crippen LogP contribution in [0.15, 0.2) is 42.7 Å². The van der Waals surface area contributed by atoms with Crippen molar-refractivity contribution in [2.75, 3.05) is 6.54 Å². The van der Waals surface area contributed by atoms with E-state index in [2.05, 4.69) is 59.0 Å². The van der Waals surface area contributed by atoms with Crippen LogP contribution in [0, 0.1) is 0 Å². The summed E-state index contributed by atoms with van der Waals surface area (Å²) >= 11 is 0. The molecule has 1 aromatic carbocycles. The standard InChI is InChI=1S/C17H25N3/c1-17(2,11-9-15-7-5-4-6-8-15)19-12-10-16-18-13-14-20(16)3/h4-8,13-14,19H,9-12H2,1-3H3. The van der Waals surface area contributed by atoms with Gasteiger partial charge in [-0.3, -0.25) is 0 Å². The van der Waals surface area contributed by atoms with E-state index < -0.39 is 0 Å². The van der Waals surface area contributed by atoms with Gasteiger partial charge in [0.15, 0.2) is 0 Å². The lowest BCUT2D eigenvalue weighted by Crippen LogP contribution is -2.41. The highest BCUT2D eigenvalue weighted by Gasteiger charge is 2.16.